The summed E-state index contributed by atoms with van der Waals surface area (Å²) in [5.41, 5.74) is 0. The van der Waals surface area contributed by atoms with Gasteiger partial charge in [-0.05, 0) is 6.42 Å². The quantitative estimate of drug-likeness (QED) is 0.503. The van der Waals surface area contributed by atoms with Gasteiger partial charge in [0.1, 0.15) is 0 Å². The third-order valence-electron chi connectivity index (χ3n) is 1.89. The van der Waals surface area contributed by atoms with Crippen LogP contribution in [0.15, 0.2) is 0 Å². The highest BCUT2D eigenvalue weighted by molar-refractivity contribution is 5.77. The Labute approximate surface area is 84.7 Å². The van der Waals surface area contributed by atoms with Crippen LogP contribution in [0.2, 0.25) is 0 Å². The van der Waals surface area contributed by atoms with E-state index in [2.05, 4.69) is 5.32 Å². The van der Waals surface area contributed by atoms with Crippen LogP contribution in [-0.4, -0.2) is 60.9 Å². The van der Waals surface area contributed by atoms with Crippen molar-refractivity contribution in [1.29, 1.82) is 0 Å². The second-order valence-corrected chi connectivity index (χ2v) is 3.12. The van der Waals surface area contributed by atoms with Crippen LogP contribution in [0.3, 0.4) is 0 Å². The van der Waals surface area contributed by atoms with Crippen molar-refractivity contribution in [3.8, 4) is 0 Å². The van der Waals surface area contributed by atoms with Gasteiger partial charge in [-0.1, -0.05) is 0 Å². The largest absolute Gasteiger partial charge is 0.395 e. The SMILES string of the molecule is CN1CCCC1=O.OCCNCCO. The van der Waals surface area contributed by atoms with E-state index in [0.29, 0.717) is 19.0 Å². The molecule has 1 aliphatic heterocycles. The van der Waals surface area contributed by atoms with Gasteiger partial charge in [-0.25, -0.2) is 0 Å². The lowest BCUT2D eigenvalue weighted by atomic mass is 10.4. The number of amides is 1. The number of aliphatic hydroxyl groups excluding tert-OH is 2. The van der Waals surface area contributed by atoms with Crippen molar-refractivity contribution in [3.05, 3.63) is 0 Å². The van der Waals surface area contributed by atoms with E-state index in [4.69, 9.17) is 10.2 Å². The minimum atomic E-state index is 0.139. The molecule has 1 heterocycles. The topological polar surface area (TPSA) is 72.8 Å². The molecule has 1 fully saturated rings. The van der Waals surface area contributed by atoms with Crippen LogP contribution in [-0.2, 0) is 4.79 Å². The van der Waals surface area contributed by atoms with Crippen LogP contribution in [0.4, 0.5) is 0 Å². The molecule has 84 valence electrons. The first-order valence-corrected chi connectivity index (χ1v) is 4.88. The van der Waals surface area contributed by atoms with Crippen LogP contribution in [0.25, 0.3) is 0 Å². The van der Waals surface area contributed by atoms with Gasteiger partial charge in [-0.2, -0.15) is 0 Å². The van der Waals surface area contributed by atoms with Gasteiger partial charge in [0.2, 0.25) is 5.91 Å². The number of likely N-dealkylation sites (tertiary alicyclic amines) is 1. The summed E-state index contributed by atoms with van der Waals surface area (Å²) in [6.07, 6.45) is 1.81. The second kappa shape index (κ2) is 8.93. The van der Waals surface area contributed by atoms with Crippen molar-refractivity contribution in [3.63, 3.8) is 0 Å². The van der Waals surface area contributed by atoms with Crippen molar-refractivity contribution in [2.24, 2.45) is 0 Å². The highest BCUT2D eigenvalue weighted by atomic mass is 16.3. The predicted molar refractivity (Wildman–Crippen MR) is 53.9 cm³/mol. The molecule has 5 heteroatoms. The molecular weight excluding hydrogens is 184 g/mol. The number of carbonyl (C=O) groups is 1. The van der Waals surface area contributed by atoms with Crippen LogP contribution in [0.1, 0.15) is 12.8 Å². The molecule has 1 saturated heterocycles. The number of nitrogens with one attached hydrogen (secondary N) is 1. The van der Waals surface area contributed by atoms with E-state index in [1.165, 1.54) is 0 Å². The third kappa shape index (κ3) is 6.82. The van der Waals surface area contributed by atoms with E-state index in [1.807, 2.05) is 7.05 Å². The molecule has 5 nitrogen and oxygen atoms in total. The predicted octanol–water partition coefficient (Wildman–Crippen LogP) is -1.20. The minimum Gasteiger partial charge on any atom is -0.395 e. The zero-order valence-electron chi connectivity index (χ0n) is 8.70. The van der Waals surface area contributed by atoms with Crippen LogP contribution in [0.5, 0.6) is 0 Å². The lowest BCUT2D eigenvalue weighted by Gasteiger charge is -2.03. The fourth-order valence-corrected chi connectivity index (χ4v) is 1.07. The van der Waals surface area contributed by atoms with Crippen LogP contribution >= 0.6 is 0 Å². The Bertz CT molecular complexity index is 149. The highest BCUT2D eigenvalue weighted by Gasteiger charge is 2.14. The summed E-state index contributed by atoms with van der Waals surface area (Å²) in [6, 6.07) is 0. The Kier molecular flexibility index (Phi) is 8.51. The van der Waals surface area contributed by atoms with Gasteiger partial charge in [0.05, 0.1) is 13.2 Å². The molecular formula is C9H20N2O3. The maximum atomic E-state index is 10.5. The van der Waals surface area contributed by atoms with E-state index in [0.717, 1.165) is 19.4 Å². The van der Waals surface area contributed by atoms with E-state index in [1.54, 1.807) is 4.90 Å². The molecule has 0 aromatic heterocycles. The average molecular weight is 204 g/mol. The molecule has 1 rings (SSSR count). The summed E-state index contributed by atoms with van der Waals surface area (Å²) < 4.78 is 0. The molecule has 0 spiro atoms. The maximum absolute atomic E-state index is 10.5. The van der Waals surface area contributed by atoms with E-state index >= 15 is 0 Å². The number of aliphatic hydroxyl groups is 2. The van der Waals surface area contributed by atoms with Gasteiger partial charge < -0.3 is 20.4 Å². The number of carbonyl (C=O) groups excluding carboxylic acids is 1. The van der Waals surface area contributed by atoms with Gasteiger partial charge in [0, 0.05) is 33.1 Å². The fraction of sp³-hybridized carbons (Fsp3) is 0.889. The van der Waals surface area contributed by atoms with Crippen molar-refractivity contribution in [2.45, 2.75) is 12.8 Å². The zero-order valence-corrected chi connectivity index (χ0v) is 8.70. The number of hydrogen-bond donors (Lipinski definition) is 3. The first-order valence-electron chi connectivity index (χ1n) is 4.88. The van der Waals surface area contributed by atoms with Crippen LogP contribution < -0.4 is 5.32 Å². The summed E-state index contributed by atoms with van der Waals surface area (Å²) in [4.78, 5) is 12.3. The molecule has 0 saturated carbocycles. The highest BCUT2D eigenvalue weighted by Crippen LogP contribution is 2.04. The Balaban J connectivity index is 0.000000241. The molecule has 0 atom stereocenters. The number of nitrogens with zero attached hydrogens (tertiary/aromatic N) is 1. The van der Waals surface area contributed by atoms with Crippen molar-refractivity contribution in [1.82, 2.24) is 10.2 Å². The molecule has 1 aliphatic rings. The molecule has 14 heavy (non-hydrogen) atoms. The Hall–Kier alpha value is -0.650. The first kappa shape index (κ1) is 13.4. The zero-order chi connectivity index (χ0) is 10.8. The van der Waals surface area contributed by atoms with Gasteiger partial charge >= 0.3 is 0 Å². The summed E-state index contributed by atoms with van der Waals surface area (Å²) in [5.74, 6) is 0.292. The summed E-state index contributed by atoms with van der Waals surface area (Å²) in [6.45, 7) is 2.37. The number of hydrogen-bond acceptors (Lipinski definition) is 4. The van der Waals surface area contributed by atoms with Crippen LogP contribution in [0, 0.1) is 0 Å². The lowest BCUT2D eigenvalue weighted by Crippen LogP contribution is -2.21. The van der Waals surface area contributed by atoms with Gasteiger partial charge in [0.15, 0.2) is 0 Å². The Morgan fingerprint density at radius 3 is 2.14 bits per heavy atom. The summed E-state index contributed by atoms with van der Waals surface area (Å²) in [5, 5.41) is 19.1. The molecule has 0 bridgehead atoms. The summed E-state index contributed by atoms with van der Waals surface area (Å²) in [7, 11) is 1.84. The van der Waals surface area contributed by atoms with Crippen molar-refractivity contribution in [2.75, 3.05) is 39.9 Å². The van der Waals surface area contributed by atoms with Crippen molar-refractivity contribution < 1.29 is 15.0 Å². The van der Waals surface area contributed by atoms with Gasteiger partial charge in [0.25, 0.3) is 0 Å². The third-order valence-corrected chi connectivity index (χ3v) is 1.89. The molecule has 0 unspecified atom stereocenters. The average Bonchev–Trinajstić information content (AvgIpc) is 2.53. The molecule has 0 aromatic carbocycles. The lowest BCUT2D eigenvalue weighted by molar-refractivity contribution is -0.126. The molecule has 1 amide bonds. The van der Waals surface area contributed by atoms with Gasteiger partial charge in [-0.3, -0.25) is 4.79 Å². The van der Waals surface area contributed by atoms with E-state index in [-0.39, 0.29) is 13.2 Å². The monoisotopic (exact) mass is 204 g/mol. The number of rotatable bonds is 4. The normalized spacial score (nSPS) is 15.4. The van der Waals surface area contributed by atoms with Gasteiger partial charge in [-0.15, -0.1) is 0 Å². The first-order chi connectivity index (χ1) is 6.72. The Morgan fingerprint density at radius 1 is 1.36 bits per heavy atom. The summed E-state index contributed by atoms with van der Waals surface area (Å²) >= 11 is 0. The van der Waals surface area contributed by atoms with E-state index < -0.39 is 0 Å². The molecule has 0 aromatic rings. The van der Waals surface area contributed by atoms with E-state index in [9.17, 15) is 4.79 Å². The van der Waals surface area contributed by atoms with Crippen molar-refractivity contribution >= 4 is 5.91 Å². The molecule has 0 radical (unpaired) electrons. The minimum absolute atomic E-state index is 0.139. The standard InChI is InChI=1S/C5H9NO.C4H11NO2/c1-6-4-2-3-5(6)7;6-3-1-5-2-4-7/h2-4H2,1H3;5-7H,1-4H2. The smallest absolute Gasteiger partial charge is 0.222 e. The second-order valence-electron chi connectivity index (χ2n) is 3.12. The molecule has 0 aliphatic carbocycles. The molecule has 3 N–H and O–H groups in total. The fourth-order valence-electron chi connectivity index (χ4n) is 1.07. The maximum Gasteiger partial charge on any atom is 0.222 e. The Morgan fingerprint density at radius 2 is 1.93 bits per heavy atom.